The number of carbonyl (C=O) groups excluding carboxylic acids is 2. The van der Waals surface area contributed by atoms with E-state index in [0.717, 1.165) is 32.5 Å². The average Bonchev–Trinajstić information content (AvgIpc) is 3.41. The van der Waals surface area contributed by atoms with Crippen molar-refractivity contribution in [1.29, 1.82) is 0 Å². The number of benzene rings is 2. The zero-order valence-corrected chi connectivity index (χ0v) is 22.5. The monoisotopic (exact) mass is 546 g/mol. The summed E-state index contributed by atoms with van der Waals surface area (Å²) < 4.78 is 10.7. The van der Waals surface area contributed by atoms with Crippen LogP contribution in [0.5, 0.6) is 5.75 Å². The molecule has 0 unspecified atom stereocenters. The van der Waals surface area contributed by atoms with E-state index in [-0.39, 0.29) is 30.7 Å². The number of fused-ring (bicyclic) bond motifs is 1. The van der Waals surface area contributed by atoms with Crippen LogP contribution in [0.4, 0.5) is 5.13 Å². The molecule has 0 radical (unpaired) electrons. The fourth-order valence-corrected chi connectivity index (χ4v) is 5.42. The van der Waals surface area contributed by atoms with Crippen LogP contribution >= 0.6 is 11.3 Å². The molecule has 1 aliphatic heterocycles. The Balaban J connectivity index is 1.08. The summed E-state index contributed by atoms with van der Waals surface area (Å²) in [6.45, 7) is 2.77. The maximum absolute atomic E-state index is 12.6. The third kappa shape index (κ3) is 6.71. The van der Waals surface area contributed by atoms with Crippen LogP contribution in [0.3, 0.4) is 0 Å². The van der Waals surface area contributed by atoms with Gasteiger partial charge in [0, 0.05) is 49.3 Å². The van der Waals surface area contributed by atoms with Crippen molar-refractivity contribution >= 4 is 39.3 Å². The Morgan fingerprint density at radius 2 is 1.85 bits per heavy atom. The molecule has 2 aromatic carbocycles. The minimum absolute atomic E-state index is 0.0471. The molecule has 2 amide bonds. The standard InChI is InChI=1S/C29H30N4O5S/c1-37-24-9-5-8-20-16-22(28(36)38-27(20)24)23-18-39-29(31-23)32-26(35)11-10-25(34)30-21-12-14-33(15-13-21)17-19-6-3-2-4-7-19/h2-9,16,18,21H,10-15,17H2,1H3,(H,30,34)(H,31,32,35). The number of methoxy groups -OCH3 is 1. The third-order valence-corrected chi connectivity index (χ3v) is 7.51. The highest BCUT2D eigenvalue weighted by Gasteiger charge is 2.21. The lowest BCUT2D eigenvalue weighted by Gasteiger charge is -2.32. The summed E-state index contributed by atoms with van der Waals surface area (Å²) in [6, 6.07) is 17.5. The Hall–Kier alpha value is -4.02. The highest BCUT2D eigenvalue weighted by Crippen LogP contribution is 2.29. The molecule has 5 rings (SSSR count). The number of hydrogen-bond acceptors (Lipinski definition) is 8. The quantitative estimate of drug-likeness (QED) is 0.299. The molecule has 0 aliphatic carbocycles. The van der Waals surface area contributed by atoms with Gasteiger partial charge in [-0.25, -0.2) is 9.78 Å². The molecule has 4 aromatic rings. The third-order valence-electron chi connectivity index (χ3n) is 6.75. The number of hydrogen-bond donors (Lipinski definition) is 2. The van der Waals surface area contributed by atoms with Gasteiger partial charge in [0.15, 0.2) is 16.5 Å². The van der Waals surface area contributed by atoms with Crippen LogP contribution in [0.2, 0.25) is 0 Å². The van der Waals surface area contributed by atoms with Crippen LogP contribution in [0, 0.1) is 0 Å². The number of ether oxygens (including phenoxy) is 1. The number of nitrogens with one attached hydrogen (secondary N) is 2. The molecule has 202 valence electrons. The van der Waals surface area contributed by atoms with E-state index in [2.05, 4.69) is 32.7 Å². The average molecular weight is 547 g/mol. The summed E-state index contributed by atoms with van der Waals surface area (Å²) in [5.41, 5.74) is 1.82. The largest absolute Gasteiger partial charge is 0.493 e. The normalized spacial score (nSPS) is 14.3. The van der Waals surface area contributed by atoms with E-state index in [1.54, 1.807) is 17.5 Å². The smallest absolute Gasteiger partial charge is 0.345 e. The van der Waals surface area contributed by atoms with Gasteiger partial charge in [-0.3, -0.25) is 14.5 Å². The van der Waals surface area contributed by atoms with E-state index in [1.807, 2.05) is 30.3 Å². The summed E-state index contributed by atoms with van der Waals surface area (Å²) in [5.74, 6) is 0.0367. The van der Waals surface area contributed by atoms with Gasteiger partial charge in [-0.2, -0.15) is 0 Å². The lowest BCUT2D eigenvalue weighted by Crippen LogP contribution is -2.44. The minimum atomic E-state index is -0.544. The molecule has 0 atom stereocenters. The second kappa shape index (κ2) is 12.2. The van der Waals surface area contributed by atoms with E-state index in [9.17, 15) is 14.4 Å². The Kier molecular flexibility index (Phi) is 8.33. The summed E-state index contributed by atoms with van der Waals surface area (Å²) in [6.07, 6.45) is 1.93. The lowest BCUT2D eigenvalue weighted by atomic mass is 10.0. The van der Waals surface area contributed by atoms with E-state index in [0.29, 0.717) is 33.1 Å². The van der Waals surface area contributed by atoms with Crippen molar-refractivity contribution in [2.24, 2.45) is 0 Å². The summed E-state index contributed by atoms with van der Waals surface area (Å²) >= 11 is 1.20. The summed E-state index contributed by atoms with van der Waals surface area (Å²) in [4.78, 5) is 44.3. The fraction of sp³-hybridized carbons (Fsp3) is 0.310. The van der Waals surface area contributed by atoms with E-state index in [1.165, 1.54) is 24.0 Å². The van der Waals surface area contributed by atoms with Gasteiger partial charge in [0.25, 0.3) is 0 Å². The number of aromatic nitrogens is 1. The van der Waals surface area contributed by atoms with Crippen molar-refractivity contribution in [2.75, 3.05) is 25.5 Å². The van der Waals surface area contributed by atoms with Crippen LogP contribution in [-0.2, 0) is 16.1 Å². The van der Waals surface area contributed by atoms with E-state index >= 15 is 0 Å². The van der Waals surface area contributed by atoms with Crippen molar-refractivity contribution < 1.29 is 18.7 Å². The zero-order valence-electron chi connectivity index (χ0n) is 21.6. The van der Waals surface area contributed by atoms with Gasteiger partial charge in [0.1, 0.15) is 0 Å². The first kappa shape index (κ1) is 26.6. The SMILES string of the molecule is COc1cccc2cc(-c3csc(NC(=O)CCC(=O)NC4CCN(Cc5ccccc5)CC4)n3)c(=O)oc12. The van der Waals surface area contributed by atoms with Crippen LogP contribution in [0.25, 0.3) is 22.2 Å². The molecule has 2 aromatic heterocycles. The molecule has 1 aliphatic rings. The minimum Gasteiger partial charge on any atom is -0.493 e. The number of nitrogens with zero attached hydrogens (tertiary/aromatic N) is 2. The highest BCUT2D eigenvalue weighted by molar-refractivity contribution is 7.14. The van der Waals surface area contributed by atoms with Crippen LogP contribution in [0.15, 0.2) is 69.2 Å². The van der Waals surface area contributed by atoms with E-state index in [4.69, 9.17) is 9.15 Å². The number of anilines is 1. The lowest BCUT2D eigenvalue weighted by molar-refractivity contribution is -0.125. The number of rotatable bonds is 9. The molecule has 3 heterocycles. The van der Waals surface area contributed by atoms with Gasteiger partial charge < -0.3 is 19.8 Å². The summed E-state index contributed by atoms with van der Waals surface area (Å²) in [7, 11) is 1.51. The van der Waals surface area contributed by atoms with Crippen molar-refractivity contribution in [3.05, 3.63) is 76.0 Å². The van der Waals surface area contributed by atoms with Crippen LogP contribution in [0.1, 0.15) is 31.2 Å². The van der Waals surface area contributed by atoms with Crippen molar-refractivity contribution in [2.45, 2.75) is 38.3 Å². The maximum Gasteiger partial charge on any atom is 0.345 e. The Bertz CT molecular complexity index is 1510. The maximum atomic E-state index is 12.6. The Morgan fingerprint density at radius 1 is 1.08 bits per heavy atom. The van der Waals surface area contributed by atoms with Crippen molar-refractivity contribution in [3.63, 3.8) is 0 Å². The highest BCUT2D eigenvalue weighted by atomic mass is 32.1. The molecular weight excluding hydrogens is 516 g/mol. The summed E-state index contributed by atoms with van der Waals surface area (Å²) in [5, 5.41) is 8.53. The molecule has 10 heteroatoms. The van der Waals surface area contributed by atoms with Gasteiger partial charge in [-0.15, -0.1) is 11.3 Å². The first-order chi connectivity index (χ1) is 19.0. The predicted molar refractivity (Wildman–Crippen MR) is 151 cm³/mol. The zero-order chi connectivity index (χ0) is 27.2. The number of thiazole rings is 1. The van der Waals surface area contributed by atoms with Crippen molar-refractivity contribution in [3.8, 4) is 17.0 Å². The number of para-hydroxylation sites is 1. The molecule has 0 saturated carbocycles. The fourth-order valence-electron chi connectivity index (χ4n) is 4.70. The number of piperidine rings is 1. The first-order valence-electron chi connectivity index (χ1n) is 12.9. The first-order valence-corrected chi connectivity index (χ1v) is 13.8. The molecule has 0 spiro atoms. The number of likely N-dealkylation sites (tertiary alicyclic amines) is 1. The van der Waals surface area contributed by atoms with Gasteiger partial charge >= 0.3 is 5.63 Å². The molecule has 1 saturated heterocycles. The molecular formula is C29H30N4O5S. The molecule has 1 fully saturated rings. The van der Waals surface area contributed by atoms with Gasteiger partial charge in [0.2, 0.25) is 11.8 Å². The predicted octanol–water partition coefficient (Wildman–Crippen LogP) is 4.42. The Morgan fingerprint density at radius 3 is 2.62 bits per heavy atom. The molecule has 9 nitrogen and oxygen atoms in total. The van der Waals surface area contributed by atoms with Crippen LogP contribution in [-0.4, -0.2) is 47.9 Å². The van der Waals surface area contributed by atoms with E-state index < -0.39 is 5.63 Å². The number of carbonyl (C=O) groups is 2. The van der Waals surface area contributed by atoms with Crippen LogP contribution < -0.4 is 21.0 Å². The number of amides is 2. The van der Waals surface area contributed by atoms with Gasteiger partial charge in [-0.1, -0.05) is 42.5 Å². The Labute approximate surface area is 229 Å². The molecule has 0 bridgehead atoms. The van der Waals surface area contributed by atoms with Crippen molar-refractivity contribution in [1.82, 2.24) is 15.2 Å². The van der Waals surface area contributed by atoms with Gasteiger partial charge in [-0.05, 0) is 30.5 Å². The second-order valence-electron chi connectivity index (χ2n) is 9.52. The molecule has 2 N–H and O–H groups in total. The van der Waals surface area contributed by atoms with Gasteiger partial charge in [0.05, 0.1) is 18.4 Å². The molecule has 39 heavy (non-hydrogen) atoms. The second-order valence-corrected chi connectivity index (χ2v) is 10.4. The topological polar surface area (TPSA) is 114 Å².